The van der Waals surface area contributed by atoms with E-state index >= 15 is 0 Å². The maximum Gasteiger partial charge on any atom is 0.240 e. The van der Waals surface area contributed by atoms with Crippen LogP contribution in [0.4, 0.5) is 0 Å². The average molecular weight is 304 g/mol. The van der Waals surface area contributed by atoms with E-state index in [1.54, 1.807) is 19.2 Å². The van der Waals surface area contributed by atoms with Crippen molar-refractivity contribution in [3.63, 3.8) is 0 Å². The number of hydrogen-bond donors (Lipinski definition) is 1. The van der Waals surface area contributed by atoms with Crippen LogP contribution in [0.3, 0.4) is 0 Å². The number of nitrogens with zero attached hydrogens (tertiary/aromatic N) is 2. The molecule has 1 aromatic heterocycles. The number of methoxy groups -OCH3 is 1. The maximum absolute atomic E-state index is 5.91. The van der Waals surface area contributed by atoms with Crippen molar-refractivity contribution >= 4 is 24.0 Å². The Morgan fingerprint density at radius 3 is 3.00 bits per heavy atom. The second-order valence-corrected chi connectivity index (χ2v) is 4.13. The number of rotatable bonds is 6. The largest absolute Gasteiger partial charge is 0.383 e. The van der Waals surface area contributed by atoms with E-state index in [4.69, 9.17) is 20.9 Å². The summed E-state index contributed by atoms with van der Waals surface area (Å²) in [4.78, 5) is 4.28. The number of benzene rings is 1. The fourth-order valence-corrected chi connectivity index (χ4v) is 1.63. The highest BCUT2D eigenvalue weighted by molar-refractivity contribution is 6.30. The molecule has 0 saturated carbocycles. The highest BCUT2D eigenvalue weighted by atomic mass is 35.5. The summed E-state index contributed by atoms with van der Waals surface area (Å²) in [5, 5.41) is 7.69. The van der Waals surface area contributed by atoms with Gasteiger partial charge in [-0.15, -0.1) is 12.4 Å². The van der Waals surface area contributed by atoms with Gasteiger partial charge in [0.1, 0.15) is 0 Å². The summed E-state index contributed by atoms with van der Waals surface area (Å²) < 4.78 is 10.1. The molecule has 0 aliphatic heterocycles. The molecule has 2 aromatic rings. The fourth-order valence-electron chi connectivity index (χ4n) is 1.44. The van der Waals surface area contributed by atoms with Crippen molar-refractivity contribution in [2.24, 2.45) is 0 Å². The third-order valence-electron chi connectivity index (χ3n) is 2.31. The first-order valence-corrected chi connectivity index (χ1v) is 5.95. The van der Waals surface area contributed by atoms with Crippen LogP contribution in [0, 0.1) is 0 Å². The van der Waals surface area contributed by atoms with Crippen molar-refractivity contribution in [3.05, 3.63) is 35.2 Å². The minimum atomic E-state index is 0. The Kier molecular flexibility index (Phi) is 6.80. The van der Waals surface area contributed by atoms with E-state index in [0.29, 0.717) is 29.9 Å². The lowest BCUT2D eigenvalue weighted by Crippen LogP contribution is -2.18. The SMILES string of the molecule is COCCNCc1nc(-c2cccc(Cl)c2)no1.Cl. The zero-order chi connectivity index (χ0) is 12.8. The number of ether oxygens (including phenoxy) is 1. The van der Waals surface area contributed by atoms with Crippen LogP contribution >= 0.6 is 24.0 Å². The minimum absolute atomic E-state index is 0. The number of halogens is 2. The highest BCUT2D eigenvalue weighted by Gasteiger charge is 2.08. The molecule has 104 valence electrons. The van der Waals surface area contributed by atoms with Crippen LogP contribution in [0.2, 0.25) is 5.02 Å². The number of hydrogen-bond acceptors (Lipinski definition) is 5. The molecule has 0 saturated heterocycles. The van der Waals surface area contributed by atoms with E-state index < -0.39 is 0 Å². The molecule has 1 heterocycles. The van der Waals surface area contributed by atoms with Gasteiger partial charge in [-0.2, -0.15) is 4.98 Å². The van der Waals surface area contributed by atoms with Crippen molar-refractivity contribution in [3.8, 4) is 11.4 Å². The molecule has 0 atom stereocenters. The van der Waals surface area contributed by atoms with E-state index in [1.807, 2.05) is 12.1 Å². The zero-order valence-electron chi connectivity index (χ0n) is 10.4. The first-order chi connectivity index (χ1) is 8.79. The normalized spacial score (nSPS) is 10.2. The van der Waals surface area contributed by atoms with Crippen molar-refractivity contribution in [2.45, 2.75) is 6.54 Å². The van der Waals surface area contributed by atoms with Crippen molar-refractivity contribution < 1.29 is 9.26 Å². The second-order valence-electron chi connectivity index (χ2n) is 3.69. The number of nitrogens with one attached hydrogen (secondary N) is 1. The van der Waals surface area contributed by atoms with E-state index in [1.165, 1.54) is 0 Å². The molecule has 0 aliphatic rings. The Hall–Kier alpha value is -1.14. The Bertz CT molecular complexity index is 505. The Balaban J connectivity index is 0.00000180. The van der Waals surface area contributed by atoms with Gasteiger partial charge in [0.2, 0.25) is 11.7 Å². The molecule has 0 fully saturated rings. The van der Waals surface area contributed by atoms with Gasteiger partial charge in [0.15, 0.2) is 0 Å². The zero-order valence-corrected chi connectivity index (χ0v) is 12.0. The lowest BCUT2D eigenvalue weighted by molar-refractivity contribution is 0.197. The molecule has 0 unspecified atom stereocenters. The van der Waals surface area contributed by atoms with Crippen LogP contribution in [-0.4, -0.2) is 30.4 Å². The summed E-state index contributed by atoms with van der Waals surface area (Å²) >= 11 is 5.91. The van der Waals surface area contributed by atoms with Crippen molar-refractivity contribution in [1.82, 2.24) is 15.5 Å². The van der Waals surface area contributed by atoms with E-state index in [9.17, 15) is 0 Å². The van der Waals surface area contributed by atoms with Crippen LogP contribution in [0.1, 0.15) is 5.89 Å². The van der Waals surface area contributed by atoms with Gasteiger partial charge in [-0.05, 0) is 12.1 Å². The average Bonchev–Trinajstić information content (AvgIpc) is 2.83. The van der Waals surface area contributed by atoms with Crippen LogP contribution in [-0.2, 0) is 11.3 Å². The Morgan fingerprint density at radius 2 is 2.26 bits per heavy atom. The molecule has 0 spiro atoms. The minimum Gasteiger partial charge on any atom is -0.383 e. The highest BCUT2D eigenvalue weighted by Crippen LogP contribution is 2.19. The first-order valence-electron chi connectivity index (χ1n) is 5.58. The summed E-state index contributed by atoms with van der Waals surface area (Å²) in [7, 11) is 1.66. The molecule has 1 aromatic carbocycles. The van der Waals surface area contributed by atoms with Gasteiger partial charge in [0.25, 0.3) is 0 Å². The summed E-state index contributed by atoms with van der Waals surface area (Å²) in [6.45, 7) is 1.91. The molecule has 0 aliphatic carbocycles. The predicted octanol–water partition coefficient (Wildman–Crippen LogP) is 2.55. The molecule has 0 amide bonds. The van der Waals surface area contributed by atoms with Gasteiger partial charge in [0, 0.05) is 24.2 Å². The summed E-state index contributed by atoms with van der Waals surface area (Å²) in [6.07, 6.45) is 0. The molecule has 0 radical (unpaired) electrons. The van der Waals surface area contributed by atoms with Crippen LogP contribution < -0.4 is 5.32 Å². The monoisotopic (exact) mass is 303 g/mol. The van der Waals surface area contributed by atoms with Crippen molar-refractivity contribution in [2.75, 3.05) is 20.3 Å². The van der Waals surface area contributed by atoms with Crippen LogP contribution in [0.15, 0.2) is 28.8 Å². The van der Waals surface area contributed by atoms with Gasteiger partial charge in [-0.1, -0.05) is 28.9 Å². The maximum atomic E-state index is 5.91. The summed E-state index contributed by atoms with van der Waals surface area (Å²) in [5.74, 6) is 1.09. The third kappa shape index (κ3) is 4.80. The van der Waals surface area contributed by atoms with Crippen LogP contribution in [0.5, 0.6) is 0 Å². The smallest absolute Gasteiger partial charge is 0.240 e. The molecule has 5 nitrogen and oxygen atoms in total. The van der Waals surface area contributed by atoms with Crippen molar-refractivity contribution in [1.29, 1.82) is 0 Å². The third-order valence-corrected chi connectivity index (χ3v) is 2.55. The Morgan fingerprint density at radius 1 is 1.42 bits per heavy atom. The molecule has 2 rings (SSSR count). The lowest BCUT2D eigenvalue weighted by Gasteiger charge is -1.98. The van der Waals surface area contributed by atoms with Gasteiger partial charge >= 0.3 is 0 Å². The van der Waals surface area contributed by atoms with Gasteiger partial charge in [0.05, 0.1) is 13.2 Å². The van der Waals surface area contributed by atoms with Crippen LogP contribution in [0.25, 0.3) is 11.4 Å². The standard InChI is InChI=1S/C12H14ClN3O2.ClH/c1-17-6-5-14-8-11-15-12(16-18-11)9-3-2-4-10(13)7-9;/h2-4,7,14H,5-6,8H2,1H3;1H. The molecular formula is C12H15Cl2N3O2. The molecule has 1 N–H and O–H groups in total. The second kappa shape index (κ2) is 8.12. The van der Waals surface area contributed by atoms with E-state index in [2.05, 4.69) is 15.5 Å². The van der Waals surface area contributed by atoms with Gasteiger partial charge in [-0.25, -0.2) is 0 Å². The summed E-state index contributed by atoms with van der Waals surface area (Å²) in [6, 6.07) is 7.34. The number of aromatic nitrogens is 2. The lowest BCUT2D eigenvalue weighted by atomic mass is 10.2. The molecule has 0 bridgehead atoms. The summed E-state index contributed by atoms with van der Waals surface area (Å²) in [5.41, 5.74) is 0.842. The molecular weight excluding hydrogens is 289 g/mol. The molecule has 19 heavy (non-hydrogen) atoms. The quantitative estimate of drug-likeness (QED) is 0.831. The topological polar surface area (TPSA) is 60.2 Å². The molecule has 7 heteroatoms. The van der Waals surface area contributed by atoms with E-state index in [-0.39, 0.29) is 12.4 Å². The Labute approximate surface area is 122 Å². The fraction of sp³-hybridized carbons (Fsp3) is 0.333. The first kappa shape index (κ1) is 15.9. The van der Waals surface area contributed by atoms with Gasteiger partial charge < -0.3 is 14.6 Å². The van der Waals surface area contributed by atoms with E-state index in [0.717, 1.165) is 12.1 Å². The van der Waals surface area contributed by atoms with Gasteiger partial charge in [-0.3, -0.25) is 0 Å². The predicted molar refractivity (Wildman–Crippen MR) is 75.6 cm³/mol.